The minimum atomic E-state index is -0.270. The Morgan fingerprint density at radius 3 is 2.83 bits per heavy atom. The molecule has 1 unspecified atom stereocenters. The number of nitrogens with one attached hydrogen (secondary N) is 1. The first-order valence-corrected chi connectivity index (χ1v) is 8.75. The third-order valence-electron chi connectivity index (χ3n) is 4.29. The zero-order valence-corrected chi connectivity index (χ0v) is 14.7. The van der Waals surface area contributed by atoms with Crippen molar-refractivity contribution in [1.29, 1.82) is 0 Å². The lowest BCUT2D eigenvalue weighted by atomic mass is 10.1. The standard InChI is InChI=1S/C18H25ClN2O2/c1-3-4-5-6-9-20-18(23)14-10-17(22)21(12-14)15-8-7-13(2)16(19)11-15/h7-8,11,14H,3-6,9-10,12H2,1-2H3,(H,20,23). The molecule has 126 valence electrons. The molecule has 2 rings (SSSR count). The van der Waals surface area contributed by atoms with Gasteiger partial charge in [0.25, 0.3) is 0 Å². The van der Waals surface area contributed by atoms with Gasteiger partial charge in [0.15, 0.2) is 0 Å². The zero-order chi connectivity index (χ0) is 16.8. The van der Waals surface area contributed by atoms with Gasteiger partial charge in [0.05, 0.1) is 5.92 Å². The van der Waals surface area contributed by atoms with Gasteiger partial charge < -0.3 is 10.2 Å². The van der Waals surface area contributed by atoms with Crippen molar-refractivity contribution < 1.29 is 9.59 Å². The second-order valence-electron chi connectivity index (χ2n) is 6.19. The molecule has 0 aliphatic carbocycles. The van der Waals surface area contributed by atoms with E-state index in [-0.39, 0.29) is 24.2 Å². The van der Waals surface area contributed by atoms with E-state index in [4.69, 9.17) is 11.6 Å². The van der Waals surface area contributed by atoms with Crippen LogP contribution in [0, 0.1) is 12.8 Å². The molecule has 0 bridgehead atoms. The molecule has 0 radical (unpaired) electrons. The molecule has 1 atom stereocenters. The molecule has 1 fully saturated rings. The first-order chi connectivity index (χ1) is 11.0. The third-order valence-corrected chi connectivity index (χ3v) is 4.70. The average molecular weight is 337 g/mol. The molecule has 0 aromatic heterocycles. The van der Waals surface area contributed by atoms with E-state index in [0.717, 1.165) is 24.1 Å². The van der Waals surface area contributed by atoms with Gasteiger partial charge in [-0.25, -0.2) is 0 Å². The average Bonchev–Trinajstić information content (AvgIpc) is 2.92. The van der Waals surface area contributed by atoms with E-state index in [1.165, 1.54) is 12.8 Å². The molecule has 1 N–H and O–H groups in total. The molecular weight excluding hydrogens is 312 g/mol. The van der Waals surface area contributed by atoms with Gasteiger partial charge in [0.2, 0.25) is 11.8 Å². The van der Waals surface area contributed by atoms with Crippen molar-refractivity contribution in [1.82, 2.24) is 5.32 Å². The molecule has 1 aliphatic heterocycles. The maximum atomic E-state index is 12.2. The molecule has 0 saturated carbocycles. The maximum Gasteiger partial charge on any atom is 0.227 e. The number of nitrogens with zero attached hydrogens (tertiary/aromatic N) is 1. The maximum absolute atomic E-state index is 12.2. The monoisotopic (exact) mass is 336 g/mol. The second-order valence-corrected chi connectivity index (χ2v) is 6.60. The number of carbonyl (C=O) groups excluding carboxylic acids is 2. The molecule has 1 aromatic rings. The summed E-state index contributed by atoms with van der Waals surface area (Å²) in [6.07, 6.45) is 4.77. The molecule has 4 nitrogen and oxygen atoms in total. The van der Waals surface area contributed by atoms with Crippen molar-refractivity contribution in [3.05, 3.63) is 28.8 Å². The van der Waals surface area contributed by atoms with Crippen LogP contribution in [0.5, 0.6) is 0 Å². The van der Waals surface area contributed by atoms with Crippen molar-refractivity contribution in [3.8, 4) is 0 Å². The highest BCUT2D eigenvalue weighted by molar-refractivity contribution is 6.31. The number of halogens is 1. The summed E-state index contributed by atoms with van der Waals surface area (Å²) in [7, 11) is 0. The summed E-state index contributed by atoms with van der Waals surface area (Å²) in [5.74, 6) is -0.305. The van der Waals surface area contributed by atoms with Crippen molar-refractivity contribution in [2.75, 3.05) is 18.0 Å². The molecule has 1 saturated heterocycles. The van der Waals surface area contributed by atoms with Crippen LogP contribution in [-0.2, 0) is 9.59 Å². The van der Waals surface area contributed by atoms with Gasteiger partial charge in [-0.2, -0.15) is 0 Å². The first kappa shape index (κ1) is 17.8. The molecule has 1 aromatic carbocycles. The van der Waals surface area contributed by atoms with E-state index in [0.29, 0.717) is 18.1 Å². The normalized spacial score (nSPS) is 17.6. The topological polar surface area (TPSA) is 49.4 Å². The summed E-state index contributed by atoms with van der Waals surface area (Å²) in [6.45, 7) is 5.21. The number of unbranched alkanes of at least 4 members (excludes halogenated alkanes) is 3. The van der Waals surface area contributed by atoms with E-state index in [9.17, 15) is 9.59 Å². The van der Waals surface area contributed by atoms with Crippen molar-refractivity contribution in [2.24, 2.45) is 5.92 Å². The summed E-state index contributed by atoms with van der Waals surface area (Å²) in [5.41, 5.74) is 1.74. The highest BCUT2D eigenvalue weighted by Crippen LogP contribution is 2.28. The largest absolute Gasteiger partial charge is 0.356 e. The third kappa shape index (κ3) is 4.71. The Balaban J connectivity index is 1.89. The van der Waals surface area contributed by atoms with Crippen LogP contribution in [0.1, 0.15) is 44.6 Å². The number of hydrogen-bond donors (Lipinski definition) is 1. The summed E-state index contributed by atoms with van der Waals surface area (Å²) in [4.78, 5) is 26.1. The van der Waals surface area contributed by atoms with Crippen LogP contribution in [0.3, 0.4) is 0 Å². The summed E-state index contributed by atoms with van der Waals surface area (Å²) in [6, 6.07) is 5.57. The number of anilines is 1. The first-order valence-electron chi connectivity index (χ1n) is 8.37. The number of rotatable bonds is 7. The van der Waals surface area contributed by atoms with Crippen molar-refractivity contribution in [3.63, 3.8) is 0 Å². The zero-order valence-electron chi connectivity index (χ0n) is 13.9. The lowest BCUT2D eigenvalue weighted by Crippen LogP contribution is -2.33. The highest BCUT2D eigenvalue weighted by Gasteiger charge is 2.35. The number of carbonyl (C=O) groups is 2. The summed E-state index contributed by atoms with van der Waals surface area (Å²) >= 11 is 6.13. The predicted octanol–water partition coefficient (Wildman–Crippen LogP) is 3.70. The molecule has 5 heteroatoms. The van der Waals surface area contributed by atoms with E-state index in [2.05, 4.69) is 12.2 Å². The lowest BCUT2D eigenvalue weighted by molar-refractivity contribution is -0.126. The number of hydrogen-bond acceptors (Lipinski definition) is 2. The van der Waals surface area contributed by atoms with Gasteiger partial charge in [-0.1, -0.05) is 43.9 Å². The minimum absolute atomic E-state index is 0.0175. The van der Waals surface area contributed by atoms with Gasteiger partial charge in [-0.15, -0.1) is 0 Å². The van der Waals surface area contributed by atoms with Crippen LogP contribution >= 0.6 is 11.6 Å². The Hall–Kier alpha value is -1.55. The fourth-order valence-electron chi connectivity index (χ4n) is 2.79. The van der Waals surface area contributed by atoms with Crippen LogP contribution in [0.25, 0.3) is 0 Å². The number of benzene rings is 1. The predicted molar refractivity (Wildman–Crippen MR) is 93.8 cm³/mol. The number of aryl methyl sites for hydroxylation is 1. The fraction of sp³-hybridized carbons (Fsp3) is 0.556. The van der Waals surface area contributed by atoms with Gasteiger partial charge in [-0.3, -0.25) is 9.59 Å². The van der Waals surface area contributed by atoms with E-state index < -0.39 is 0 Å². The highest BCUT2D eigenvalue weighted by atomic mass is 35.5. The molecule has 1 heterocycles. The van der Waals surface area contributed by atoms with Crippen LogP contribution in [0.2, 0.25) is 5.02 Å². The van der Waals surface area contributed by atoms with E-state index in [1.807, 2.05) is 19.1 Å². The Kier molecular flexibility index (Phi) is 6.46. The smallest absolute Gasteiger partial charge is 0.227 e. The minimum Gasteiger partial charge on any atom is -0.356 e. The Morgan fingerprint density at radius 2 is 2.13 bits per heavy atom. The number of amides is 2. The molecule has 23 heavy (non-hydrogen) atoms. The van der Waals surface area contributed by atoms with Crippen molar-refractivity contribution >= 4 is 29.1 Å². The van der Waals surface area contributed by atoms with E-state index >= 15 is 0 Å². The van der Waals surface area contributed by atoms with Crippen molar-refractivity contribution in [2.45, 2.75) is 46.0 Å². The Labute approximate surface area is 143 Å². The van der Waals surface area contributed by atoms with E-state index in [1.54, 1.807) is 11.0 Å². The second kappa shape index (κ2) is 8.34. The van der Waals surface area contributed by atoms with Crippen LogP contribution < -0.4 is 10.2 Å². The summed E-state index contributed by atoms with van der Waals surface area (Å²) in [5, 5.41) is 3.59. The SMILES string of the molecule is CCCCCCNC(=O)C1CC(=O)N(c2ccc(C)c(Cl)c2)C1. The van der Waals surface area contributed by atoms with Gasteiger partial charge in [0.1, 0.15) is 0 Å². The summed E-state index contributed by atoms with van der Waals surface area (Å²) < 4.78 is 0. The Bertz CT molecular complexity index is 574. The molecule has 1 aliphatic rings. The van der Waals surface area contributed by atoms with Gasteiger partial charge >= 0.3 is 0 Å². The van der Waals surface area contributed by atoms with Crippen LogP contribution in [0.4, 0.5) is 5.69 Å². The lowest BCUT2D eigenvalue weighted by Gasteiger charge is -2.17. The van der Waals surface area contributed by atoms with Gasteiger partial charge in [0, 0.05) is 30.2 Å². The molecular formula is C18H25ClN2O2. The molecule has 2 amide bonds. The quantitative estimate of drug-likeness (QED) is 0.772. The van der Waals surface area contributed by atoms with Crippen LogP contribution in [-0.4, -0.2) is 24.9 Å². The molecule has 0 spiro atoms. The van der Waals surface area contributed by atoms with Gasteiger partial charge in [-0.05, 0) is 31.0 Å². The Morgan fingerprint density at radius 1 is 1.35 bits per heavy atom. The fourth-order valence-corrected chi connectivity index (χ4v) is 2.96. The van der Waals surface area contributed by atoms with Crippen LogP contribution in [0.15, 0.2) is 18.2 Å².